The van der Waals surface area contributed by atoms with Gasteiger partial charge in [-0.1, -0.05) is 13.8 Å². The Labute approximate surface area is 107 Å². The summed E-state index contributed by atoms with van der Waals surface area (Å²) >= 11 is 0. The molecule has 0 radical (unpaired) electrons. The summed E-state index contributed by atoms with van der Waals surface area (Å²) in [5, 5.41) is 6.80. The van der Waals surface area contributed by atoms with Crippen molar-refractivity contribution in [1.29, 1.82) is 0 Å². The molecule has 0 aliphatic rings. The topological polar surface area (TPSA) is 114 Å². The second-order valence-electron chi connectivity index (χ2n) is 4.40. The van der Waals surface area contributed by atoms with Crippen LogP contribution in [0.5, 0.6) is 0 Å². The number of rotatable bonds is 6. The Kier molecular flexibility index (Phi) is 5.86. The van der Waals surface area contributed by atoms with Crippen LogP contribution in [0.3, 0.4) is 0 Å². The van der Waals surface area contributed by atoms with Gasteiger partial charge in [0.1, 0.15) is 0 Å². The standard InChI is InChI=1S/C11H21N7/c1-8(2)4-5-9(10(17-12)18-13)16-11-14-6-3-7-15-11/h3,6-9H,4-5,12-13H2,1-2H3,(H,17,18)(H,14,15,16). The third-order valence-electron chi connectivity index (χ3n) is 2.52. The minimum atomic E-state index is -0.121. The van der Waals surface area contributed by atoms with Crippen molar-refractivity contribution in [2.45, 2.75) is 32.7 Å². The highest BCUT2D eigenvalue weighted by atomic mass is 15.3. The fraction of sp³-hybridized carbons (Fsp3) is 0.545. The third-order valence-corrected chi connectivity index (χ3v) is 2.52. The summed E-state index contributed by atoms with van der Waals surface area (Å²) in [6.45, 7) is 4.32. The number of anilines is 1. The van der Waals surface area contributed by atoms with Gasteiger partial charge in [0.15, 0.2) is 5.84 Å². The van der Waals surface area contributed by atoms with Gasteiger partial charge in [-0.2, -0.15) is 5.10 Å². The lowest BCUT2D eigenvalue weighted by Gasteiger charge is -2.20. The van der Waals surface area contributed by atoms with Crippen molar-refractivity contribution in [1.82, 2.24) is 15.4 Å². The van der Waals surface area contributed by atoms with E-state index in [1.165, 1.54) is 0 Å². The van der Waals surface area contributed by atoms with E-state index in [0.29, 0.717) is 17.7 Å². The van der Waals surface area contributed by atoms with E-state index in [1.54, 1.807) is 18.5 Å². The third kappa shape index (κ3) is 4.54. The zero-order valence-electron chi connectivity index (χ0n) is 10.8. The maximum Gasteiger partial charge on any atom is 0.223 e. The first kappa shape index (κ1) is 14.2. The van der Waals surface area contributed by atoms with Crippen LogP contribution in [0.2, 0.25) is 0 Å². The maximum atomic E-state index is 5.40. The number of amidine groups is 1. The first-order chi connectivity index (χ1) is 8.67. The van der Waals surface area contributed by atoms with Gasteiger partial charge in [0.05, 0.1) is 6.04 Å². The summed E-state index contributed by atoms with van der Waals surface area (Å²) in [6, 6.07) is 1.64. The van der Waals surface area contributed by atoms with Gasteiger partial charge in [-0.05, 0) is 24.8 Å². The molecule has 1 unspecified atom stereocenters. The van der Waals surface area contributed by atoms with Crippen LogP contribution < -0.4 is 22.4 Å². The van der Waals surface area contributed by atoms with Gasteiger partial charge in [-0.25, -0.2) is 15.8 Å². The van der Waals surface area contributed by atoms with Crippen molar-refractivity contribution >= 4 is 11.8 Å². The first-order valence-corrected chi connectivity index (χ1v) is 5.95. The van der Waals surface area contributed by atoms with E-state index in [1.807, 2.05) is 0 Å². The predicted molar refractivity (Wildman–Crippen MR) is 72.5 cm³/mol. The highest BCUT2D eigenvalue weighted by molar-refractivity contribution is 5.88. The molecule has 0 fully saturated rings. The molecule has 100 valence electrons. The fourth-order valence-corrected chi connectivity index (χ4v) is 1.53. The van der Waals surface area contributed by atoms with Crippen LogP contribution in [0.1, 0.15) is 26.7 Å². The van der Waals surface area contributed by atoms with Crippen molar-refractivity contribution in [2.24, 2.45) is 22.7 Å². The second-order valence-corrected chi connectivity index (χ2v) is 4.40. The van der Waals surface area contributed by atoms with Gasteiger partial charge in [0.25, 0.3) is 0 Å². The predicted octanol–water partition coefficient (Wildman–Crippen LogP) is 0.429. The van der Waals surface area contributed by atoms with Crippen molar-refractivity contribution < 1.29 is 0 Å². The molecule has 1 aromatic rings. The maximum absolute atomic E-state index is 5.40. The van der Waals surface area contributed by atoms with Gasteiger partial charge in [-0.3, -0.25) is 0 Å². The van der Waals surface area contributed by atoms with Crippen LogP contribution in [0, 0.1) is 5.92 Å². The fourth-order valence-electron chi connectivity index (χ4n) is 1.53. The zero-order valence-corrected chi connectivity index (χ0v) is 10.8. The molecule has 7 heteroatoms. The van der Waals surface area contributed by atoms with E-state index in [2.05, 4.69) is 39.7 Å². The Morgan fingerprint density at radius 3 is 2.50 bits per heavy atom. The highest BCUT2D eigenvalue weighted by Crippen LogP contribution is 2.10. The summed E-state index contributed by atoms with van der Waals surface area (Å²) in [4.78, 5) is 8.22. The molecule has 6 N–H and O–H groups in total. The zero-order chi connectivity index (χ0) is 13.4. The number of hydrazone groups is 1. The van der Waals surface area contributed by atoms with E-state index in [4.69, 9.17) is 11.7 Å². The number of hydrogen-bond acceptors (Lipinski definition) is 6. The minimum Gasteiger partial charge on any atom is -0.344 e. The molecule has 0 saturated carbocycles. The molecule has 0 saturated heterocycles. The molecule has 0 aromatic carbocycles. The number of hydrazine groups is 1. The molecule has 0 spiro atoms. The summed E-state index contributed by atoms with van der Waals surface area (Å²) in [6.07, 6.45) is 5.20. The van der Waals surface area contributed by atoms with Gasteiger partial charge >= 0.3 is 0 Å². The van der Waals surface area contributed by atoms with Crippen LogP contribution in [0.25, 0.3) is 0 Å². The lowest BCUT2D eigenvalue weighted by molar-refractivity contribution is 0.544. The number of hydrogen-bond donors (Lipinski definition) is 4. The summed E-state index contributed by atoms with van der Waals surface area (Å²) in [5.74, 6) is 12.3. The van der Waals surface area contributed by atoms with Gasteiger partial charge in [0.2, 0.25) is 5.95 Å². The smallest absolute Gasteiger partial charge is 0.223 e. The van der Waals surface area contributed by atoms with E-state index in [-0.39, 0.29) is 6.04 Å². The highest BCUT2D eigenvalue weighted by Gasteiger charge is 2.16. The minimum absolute atomic E-state index is 0.121. The summed E-state index contributed by atoms with van der Waals surface area (Å²) in [5.41, 5.74) is 2.50. The SMILES string of the molecule is CC(C)CCC(Nc1ncccn1)/C(=N/N)NN. The van der Waals surface area contributed by atoms with Gasteiger partial charge in [-0.15, -0.1) is 0 Å². The Hall–Kier alpha value is -1.89. The summed E-state index contributed by atoms with van der Waals surface area (Å²) in [7, 11) is 0. The second kappa shape index (κ2) is 7.44. The molecule has 0 bridgehead atoms. The number of nitrogens with one attached hydrogen (secondary N) is 2. The van der Waals surface area contributed by atoms with Crippen LogP contribution in [0.15, 0.2) is 23.6 Å². The molecular weight excluding hydrogens is 230 g/mol. The molecule has 7 nitrogen and oxygen atoms in total. The number of aromatic nitrogens is 2. The van der Waals surface area contributed by atoms with Crippen molar-refractivity contribution in [2.75, 3.05) is 5.32 Å². The molecular formula is C11H21N7. The molecule has 0 amide bonds. The normalized spacial score (nSPS) is 13.4. The molecule has 0 aliphatic heterocycles. The Balaban J connectivity index is 2.71. The van der Waals surface area contributed by atoms with Gasteiger partial charge in [0, 0.05) is 12.4 Å². The van der Waals surface area contributed by atoms with Crippen molar-refractivity contribution in [3.8, 4) is 0 Å². The molecule has 0 aliphatic carbocycles. The molecule has 18 heavy (non-hydrogen) atoms. The van der Waals surface area contributed by atoms with Crippen LogP contribution in [-0.2, 0) is 0 Å². The largest absolute Gasteiger partial charge is 0.344 e. The number of nitrogens with zero attached hydrogens (tertiary/aromatic N) is 3. The molecule has 1 atom stereocenters. The van der Waals surface area contributed by atoms with Crippen LogP contribution in [-0.4, -0.2) is 21.8 Å². The molecule has 1 heterocycles. The molecule has 1 rings (SSSR count). The molecule has 1 aromatic heterocycles. The van der Waals surface area contributed by atoms with E-state index in [0.717, 1.165) is 12.8 Å². The van der Waals surface area contributed by atoms with Crippen LogP contribution >= 0.6 is 0 Å². The first-order valence-electron chi connectivity index (χ1n) is 5.95. The quantitative estimate of drug-likeness (QED) is 0.252. The van der Waals surface area contributed by atoms with Crippen LogP contribution in [0.4, 0.5) is 5.95 Å². The monoisotopic (exact) mass is 251 g/mol. The Morgan fingerprint density at radius 2 is 2.00 bits per heavy atom. The van der Waals surface area contributed by atoms with Crippen molar-refractivity contribution in [3.63, 3.8) is 0 Å². The average Bonchev–Trinajstić information content (AvgIpc) is 2.38. The van der Waals surface area contributed by atoms with E-state index < -0.39 is 0 Å². The number of nitrogens with two attached hydrogens (primary N) is 2. The lowest BCUT2D eigenvalue weighted by Crippen LogP contribution is -2.44. The summed E-state index contributed by atoms with van der Waals surface area (Å²) < 4.78 is 0. The average molecular weight is 251 g/mol. The van der Waals surface area contributed by atoms with Gasteiger partial charge < -0.3 is 16.6 Å². The lowest BCUT2D eigenvalue weighted by atomic mass is 10.0. The van der Waals surface area contributed by atoms with Crippen molar-refractivity contribution in [3.05, 3.63) is 18.5 Å². The Bertz CT molecular complexity index is 363. The Morgan fingerprint density at radius 1 is 1.33 bits per heavy atom. The van der Waals surface area contributed by atoms with E-state index in [9.17, 15) is 0 Å². The van der Waals surface area contributed by atoms with E-state index >= 15 is 0 Å².